The Morgan fingerprint density at radius 2 is 1.95 bits per heavy atom. The van der Waals surface area contributed by atoms with Crippen LogP contribution in [0.3, 0.4) is 0 Å². The number of hydrogen-bond acceptors (Lipinski definition) is 4. The number of hydrogen-bond donors (Lipinski definition) is 1. The Kier molecular flexibility index (Phi) is 5.18. The summed E-state index contributed by atoms with van der Waals surface area (Å²) in [6, 6.07) is 14.2. The van der Waals surface area contributed by atoms with Gasteiger partial charge in [0.25, 0.3) is 5.91 Å². The number of amides is 1. The predicted octanol–water partition coefficient (Wildman–Crippen LogP) is 3.82. The van der Waals surface area contributed by atoms with E-state index in [2.05, 4.69) is 29.6 Å². The average molecular weight is 333 g/mol. The molecule has 1 aliphatic heterocycles. The van der Waals surface area contributed by atoms with E-state index in [1.165, 1.54) is 16.2 Å². The van der Waals surface area contributed by atoms with E-state index in [4.69, 9.17) is 4.74 Å². The second-order valence-electron chi connectivity index (χ2n) is 5.37. The van der Waals surface area contributed by atoms with Crippen LogP contribution in [0.4, 0.5) is 0 Å². The van der Waals surface area contributed by atoms with Crippen molar-refractivity contribution in [1.82, 2.24) is 5.32 Å². The van der Waals surface area contributed by atoms with Crippen LogP contribution >= 0.6 is 23.1 Å². The second kappa shape index (κ2) is 7.31. The van der Waals surface area contributed by atoms with Crippen LogP contribution in [0.25, 0.3) is 0 Å². The molecule has 5 heteroatoms. The van der Waals surface area contributed by atoms with Gasteiger partial charge in [-0.05, 0) is 36.4 Å². The van der Waals surface area contributed by atoms with Crippen molar-refractivity contribution in [2.75, 3.05) is 19.8 Å². The van der Waals surface area contributed by atoms with Gasteiger partial charge in [0.05, 0.1) is 4.88 Å². The molecule has 3 rings (SSSR count). The van der Waals surface area contributed by atoms with Crippen molar-refractivity contribution in [3.63, 3.8) is 0 Å². The lowest BCUT2D eigenvalue weighted by molar-refractivity contribution is 0.0742. The van der Waals surface area contributed by atoms with Crippen molar-refractivity contribution in [2.45, 2.75) is 22.5 Å². The van der Waals surface area contributed by atoms with Crippen molar-refractivity contribution in [2.24, 2.45) is 0 Å². The highest BCUT2D eigenvalue weighted by molar-refractivity contribution is 8.00. The lowest BCUT2D eigenvalue weighted by Gasteiger charge is -2.36. The Morgan fingerprint density at radius 1 is 1.18 bits per heavy atom. The lowest BCUT2D eigenvalue weighted by atomic mass is 9.99. The maximum absolute atomic E-state index is 12.2. The Bertz CT molecular complexity index is 592. The third kappa shape index (κ3) is 3.91. The van der Waals surface area contributed by atoms with Gasteiger partial charge in [0.1, 0.15) is 0 Å². The smallest absolute Gasteiger partial charge is 0.261 e. The molecule has 3 nitrogen and oxygen atoms in total. The number of carbonyl (C=O) groups excluding carboxylic acids is 1. The van der Waals surface area contributed by atoms with Crippen molar-refractivity contribution < 1.29 is 9.53 Å². The Labute approximate surface area is 139 Å². The van der Waals surface area contributed by atoms with E-state index in [9.17, 15) is 4.79 Å². The number of ether oxygens (including phenoxy) is 1. The summed E-state index contributed by atoms with van der Waals surface area (Å²) in [7, 11) is 0. The van der Waals surface area contributed by atoms with Crippen LogP contribution in [-0.4, -0.2) is 30.4 Å². The van der Waals surface area contributed by atoms with E-state index in [0.29, 0.717) is 6.54 Å². The highest BCUT2D eigenvalue weighted by Crippen LogP contribution is 2.40. The summed E-state index contributed by atoms with van der Waals surface area (Å²) in [6.45, 7) is 2.19. The predicted molar refractivity (Wildman–Crippen MR) is 91.7 cm³/mol. The number of thioether (sulfide) groups is 1. The molecule has 0 radical (unpaired) electrons. The summed E-state index contributed by atoms with van der Waals surface area (Å²) in [5.41, 5.74) is 0. The highest BCUT2D eigenvalue weighted by Gasteiger charge is 2.34. The molecule has 0 saturated carbocycles. The van der Waals surface area contributed by atoms with E-state index >= 15 is 0 Å². The van der Waals surface area contributed by atoms with Crippen molar-refractivity contribution >= 4 is 29.0 Å². The molecule has 116 valence electrons. The van der Waals surface area contributed by atoms with Crippen LogP contribution in [0, 0.1) is 0 Å². The molecule has 1 saturated heterocycles. The average Bonchev–Trinajstić information content (AvgIpc) is 3.09. The SMILES string of the molecule is O=C(NCC1(Sc2ccccc2)CCOCC1)c1cccs1. The fourth-order valence-electron chi connectivity index (χ4n) is 2.53. The molecule has 1 aromatic heterocycles. The summed E-state index contributed by atoms with van der Waals surface area (Å²) < 4.78 is 5.54. The summed E-state index contributed by atoms with van der Waals surface area (Å²) in [6.07, 6.45) is 1.91. The minimum Gasteiger partial charge on any atom is -0.381 e. The van der Waals surface area contributed by atoms with Gasteiger partial charge in [-0.1, -0.05) is 24.3 Å². The molecule has 1 aromatic carbocycles. The summed E-state index contributed by atoms with van der Waals surface area (Å²) in [5, 5.41) is 5.04. The molecule has 0 atom stereocenters. The van der Waals surface area contributed by atoms with E-state index in [-0.39, 0.29) is 10.7 Å². The minimum absolute atomic E-state index is 0.0204. The third-order valence-electron chi connectivity index (χ3n) is 3.80. The van der Waals surface area contributed by atoms with Gasteiger partial charge in [0.2, 0.25) is 0 Å². The summed E-state index contributed by atoms with van der Waals surface area (Å²) >= 11 is 3.34. The van der Waals surface area contributed by atoms with Gasteiger partial charge in [0.15, 0.2) is 0 Å². The van der Waals surface area contributed by atoms with Crippen molar-refractivity contribution in [1.29, 1.82) is 0 Å². The fraction of sp³-hybridized carbons (Fsp3) is 0.353. The second-order valence-corrected chi connectivity index (χ2v) is 7.86. The Morgan fingerprint density at radius 3 is 2.64 bits per heavy atom. The first-order chi connectivity index (χ1) is 10.8. The standard InChI is InChI=1S/C17H19NO2S2/c19-16(15-7-4-12-21-15)18-13-17(8-10-20-11-9-17)22-14-5-2-1-3-6-14/h1-7,12H,8-11,13H2,(H,18,19). The number of benzene rings is 1. The molecule has 2 aromatic rings. The fourth-order valence-corrected chi connectivity index (χ4v) is 4.48. The molecule has 1 aliphatic rings. The zero-order valence-electron chi connectivity index (χ0n) is 12.3. The van der Waals surface area contributed by atoms with Gasteiger partial charge in [-0.25, -0.2) is 0 Å². The molecule has 0 aliphatic carbocycles. The number of rotatable bonds is 5. The maximum Gasteiger partial charge on any atom is 0.261 e. The van der Waals surface area contributed by atoms with Gasteiger partial charge < -0.3 is 10.1 Å². The maximum atomic E-state index is 12.2. The number of thiophene rings is 1. The zero-order valence-corrected chi connectivity index (χ0v) is 13.9. The first-order valence-corrected chi connectivity index (χ1v) is 9.11. The quantitative estimate of drug-likeness (QED) is 0.904. The van der Waals surface area contributed by atoms with Crippen LogP contribution in [0.1, 0.15) is 22.5 Å². The van der Waals surface area contributed by atoms with Gasteiger partial charge in [-0.2, -0.15) is 0 Å². The monoisotopic (exact) mass is 333 g/mol. The number of nitrogens with one attached hydrogen (secondary N) is 1. The van der Waals surface area contributed by atoms with Gasteiger partial charge in [-0.15, -0.1) is 23.1 Å². The lowest BCUT2D eigenvalue weighted by Crippen LogP contribution is -2.44. The molecular weight excluding hydrogens is 314 g/mol. The van der Waals surface area contributed by atoms with Gasteiger partial charge in [0, 0.05) is 29.4 Å². The molecule has 0 bridgehead atoms. The zero-order chi connectivity index (χ0) is 15.3. The van der Waals surface area contributed by atoms with Crippen LogP contribution in [0.5, 0.6) is 0 Å². The Balaban J connectivity index is 1.68. The van der Waals surface area contributed by atoms with Crippen molar-refractivity contribution in [3.8, 4) is 0 Å². The van der Waals surface area contributed by atoms with Gasteiger partial charge in [-0.3, -0.25) is 4.79 Å². The van der Waals surface area contributed by atoms with Crippen LogP contribution in [-0.2, 0) is 4.74 Å². The summed E-state index contributed by atoms with van der Waals surface area (Å²) in [4.78, 5) is 14.2. The molecular formula is C17H19NO2S2. The van der Waals surface area contributed by atoms with Crippen LogP contribution in [0.15, 0.2) is 52.7 Å². The van der Waals surface area contributed by atoms with Crippen molar-refractivity contribution in [3.05, 3.63) is 52.7 Å². The molecule has 0 unspecified atom stereocenters. The van der Waals surface area contributed by atoms with E-state index < -0.39 is 0 Å². The number of carbonyl (C=O) groups is 1. The third-order valence-corrected chi connectivity index (χ3v) is 6.16. The molecule has 1 fully saturated rings. The first-order valence-electron chi connectivity index (χ1n) is 7.41. The molecule has 1 amide bonds. The summed E-state index contributed by atoms with van der Waals surface area (Å²) in [5.74, 6) is 0.0227. The van der Waals surface area contributed by atoms with Crippen LogP contribution < -0.4 is 5.32 Å². The normalized spacial score (nSPS) is 17.1. The highest BCUT2D eigenvalue weighted by atomic mass is 32.2. The molecule has 22 heavy (non-hydrogen) atoms. The van der Waals surface area contributed by atoms with Crippen LogP contribution in [0.2, 0.25) is 0 Å². The van der Waals surface area contributed by atoms with E-state index in [1.54, 1.807) is 0 Å². The molecule has 2 heterocycles. The van der Waals surface area contributed by atoms with E-state index in [1.807, 2.05) is 35.3 Å². The van der Waals surface area contributed by atoms with Gasteiger partial charge >= 0.3 is 0 Å². The first kappa shape index (κ1) is 15.6. The molecule has 0 spiro atoms. The molecule has 1 N–H and O–H groups in total. The Hall–Kier alpha value is -1.30. The van der Waals surface area contributed by atoms with E-state index in [0.717, 1.165) is 30.9 Å². The minimum atomic E-state index is 0.0204. The topological polar surface area (TPSA) is 38.3 Å². The largest absolute Gasteiger partial charge is 0.381 e.